The van der Waals surface area contributed by atoms with Crippen LogP contribution in [0.25, 0.3) is 32.9 Å². The summed E-state index contributed by atoms with van der Waals surface area (Å²) >= 11 is 3.69. The van der Waals surface area contributed by atoms with Gasteiger partial charge in [-0.25, -0.2) is 0 Å². The Labute approximate surface area is 176 Å². The predicted molar refractivity (Wildman–Crippen MR) is 126 cm³/mol. The number of hydrogen-bond acceptors (Lipinski definition) is 0. The molecule has 4 rings (SSSR count). The minimum Gasteiger partial charge on any atom is -0.337 e. The molecule has 2 heteroatoms. The SMILES string of the molecule is CCCCC(CC)n1c2ccc(Br)cc2c2cc(-c3ccc(C)cc3)ccc21. The highest BCUT2D eigenvalue weighted by Crippen LogP contribution is 2.38. The van der Waals surface area contributed by atoms with E-state index in [4.69, 9.17) is 0 Å². The maximum Gasteiger partial charge on any atom is 0.0494 e. The van der Waals surface area contributed by atoms with Crippen molar-refractivity contribution >= 4 is 37.7 Å². The van der Waals surface area contributed by atoms with Gasteiger partial charge in [-0.05, 0) is 61.2 Å². The highest BCUT2D eigenvalue weighted by Gasteiger charge is 2.17. The summed E-state index contributed by atoms with van der Waals surface area (Å²) in [6.07, 6.45) is 4.92. The summed E-state index contributed by atoms with van der Waals surface area (Å²) in [5, 5.41) is 2.69. The molecule has 1 heterocycles. The van der Waals surface area contributed by atoms with E-state index in [9.17, 15) is 0 Å². The quantitative estimate of drug-likeness (QED) is 0.286. The monoisotopic (exact) mass is 433 g/mol. The van der Waals surface area contributed by atoms with Crippen molar-refractivity contribution in [2.45, 2.75) is 52.5 Å². The van der Waals surface area contributed by atoms with Gasteiger partial charge >= 0.3 is 0 Å². The Morgan fingerprint density at radius 3 is 2.14 bits per heavy atom. The van der Waals surface area contributed by atoms with Crippen LogP contribution in [0.15, 0.2) is 65.1 Å². The molecule has 28 heavy (non-hydrogen) atoms. The van der Waals surface area contributed by atoms with Crippen LogP contribution < -0.4 is 0 Å². The highest BCUT2D eigenvalue weighted by molar-refractivity contribution is 9.10. The molecule has 0 aliphatic carbocycles. The van der Waals surface area contributed by atoms with E-state index in [-0.39, 0.29) is 0 Å². The van der Waals surface area contributed by atoms with Crippen molar-refractivity contribution < 1.29 is 0 Å². The Kier molecular flexibility index (Phi) is 5.59. The van der Waals surface area contributed by atoms with E-state index in [0.29, 0.717) is 6.04 Å². The smallest absolute Gasteiger partial charge is 0.0494 e. The molecule has 0 fully saturated rings. The first-order valence-electron chi connectivity index (χ1n) is 10.4. The molecule has 3 aromatic carbocycles. The third-order valence-corrected chi connectivity index (χ3v) is 6.37. The molecule has 0 saturated heterocycles. The van der Waals surface area contributed by atoms with Crippen molar-refractivity contribution in [2.75, 3.05) is 0 Å². The fourth-order valence-electron chi connectivity index (χ4n) is 4.30. The number of aryl methyl sites for hydroxylation is 1. The number of nitrogens with zero attached hydrogens (tertiary/aromatic N) is 1. The molecular formula is C26H28BrN. The maximum atomic E-state index is 3.69. The van der Waals surface area contributed by atoms with Gasteiger partial charge in [-0.3, -0.25) is 0 Å². The van der Waals surface area contributed by atoms with Crippen LogP contribution in [0.5, 0.6) is 0 Å². The molecule has 1 atom stereocenters. The first kappa shape index (κ1) is 19.3. The van der Waals surface area contributed by atoms with Crippen molar-refractivity contribution in [1.29, 1.82) is 0 Å². The molecule has 1 unspecified atom stereocenters. The number of unbranched alkanes of at least 4 members (excludes halogenated alkanes) is 1. The van der Waals surface area contributed by atoms with Crippen LogP contribution >= 0.6 is 15.9 Å². The van der Waals surface area contributed by atoms with Gasteiger partial charge in [-0.15, -0.1) is 0 Å². The molecular weight excluding hydrogens is 406 g/mol. The van der Waals surface area contributed by atoms with Gasteiger partial charge in [0.05, 0.1) is 0 Å². The van der Waals surface area contributed by atoms with Crippen LogP contribution in [-0.4, -0.2) is 4.57 Å². The molecule has 0 aliphatic heterocycles. The zero-order valence-corrected chi connectivity index (χ0v) is 18.6. The number of halogens is 1. The molecule has 0 radical (unpaired) electrons. The molecule has 0 aliphatic rings. The summed E-state index contributed by atoms with van der Waals surface area (Å²) in [6, 6.07) is 23.1. The molecule has 0 bridgehead atoms. The minimum absolute atomic E-state index is 0.548. The van der Waals surface area contributed by atoms with E-state index in [0.717, 1.165) is 10.9 Å². The van der Waals surface area contributed by atoms with Gasteiger partial charge < -0.3 is 4.57 Å². The molecule has 144 valence electrons. The van der Waals surface area contributed by atoms with Crippen LogP contribution in [0.4, 0.5) is 0 Å². The van der Waals surface area contributed by atoms with E-state index in [2.05, 4.69) is 102 Å². The zero-order chi connectivity index (χ0) is 19.7. The average molecular weight is 434 g/mol. The van der Waals surface area contributed by atoms with Gasteiger partial charge in [0.25, 0.3) is 0 Å². The Morgan fingerprint density at radius 2 is 1.46 bits per heavy atom. The second kappa shape index (κ2) is 8.13. The van der Waals surface area contributed by atoms with E-state index in [1.165, 1.54) is 57.8 Å². The van der Waals surface area contributed by atoms with Crippen LogP contribution in [-0.2, 0) is 0 Å². The summed E-state index contributed by atoms with van der Waals surface area (Å²) in [4.78, 5) is 0. The molecule has 0 N–H and O–H groups in total. The van der Waals surface area contributed by atoms with Crippen molar-refractivity contribution in [1.82, 2.24) is 4.57 Å². The van der Waals surface area contributed by atoms with Crippen molar-refractivity contribution in [3.63, 3.8) is 0 Å². The van der Waals surface area contributed by atoms with Gasteiger partial charge in [0, 0.05) is 32.3 Å². The number of hydrogen-bond donors (Lipinski definition) is 0. The van der Waals surface area contributed by atoms with E-state index in [1.54, 1.807) is 0 Å². The Hall–Kier alpha value is -2.06. The standard InChI is InChI=1S/C26H28BrN/c1-4-6-7-22(5-2)28-25-14-12-20(19-10-8-18(3)9-11-19)16-23(25)24-17-21(27)13-15-26(24)28/h8-17,22H,4-7H2,1-3H3. The maximum absolute atomic E-state index is 3.69. The number of aromatic nitrogens is 1. The summed E-state index contributed by atoms with van der Waals surface area (Å²) < 4.78 is 3.73. The Bertz CT molecular complexity index is 1100. The van der Waals surface area contributed by atoms with Crippen molar-refractivity contribution in [3.8, 4) is 11.1 Å². The average Bonchev–Trinajstić information content (AvgIpc) is 3.02. The second-order valence-corrected chi connectivity index (χ2v) is 8.75. The van der Waals surface area contributed by atoms with Crippen LogP contribution in [0, 0.1) is 6.92 Å². The molecule has 0 saturated carbocycles. The van der Waals surface area contributed by atoms with Gasteiger partial charge in [-0.2, -0.15) is 0 Å². The van der Waals surface area contributed by atoms with Gasteiger partial charge in [0.2, 0.25) is 0 Å². The predicted octanol–water partition coefficient (Wildman–Crippen LogP) is 8.67. The number of fused-ring (bicyclic) bond motifs is 3. The van der Waals surface area contributed by atoms with E-state index in [1.807, 2.05) is 0 Å². The lowest BCUT2D eigenvalue weighted by Gasteiger charge is -2.20. The van der Waals surface area contributed by atoms with Crippen LogP contribution in [0.3, 0.4) is 0 Å². The zero-order valence-electron chi connectivity index (χ0n) is 17.0. The van der Waals surface area contributed by atoms with E-state index < -0.39 is 0 Å². The van der Waals surface area contributed by atoms with Gasteiger partial charge in [0.1, 0.15) is 0 Å². The van der Waals surface area contributed by atoms with Gasteiger partial charge in [-0.1, -0.05) is 78.5 Å². The minimum atomic E-state index is 0.548. The fraction of sp³-hybridized carbons (Fsp3) is 0.308. The summed E-state index contributed by atoms with van der Waals surface area (Å²) in [6.45, 7) is 6.74. The molecule has 4 aromatic rings. The first-order valence-corrected chi connectivity index (χ1v) is 11.2. The fourth-order valence-corrected chi connectivity index (χ4v) is 4.66. The summed E-state index contributed by atoms with van der Waals surface area (Å²) in [5.74, 6) is 0. The molecule has 0 spiro atoms. The lowest BCUT2D eigenvalue weighted by atomic mass is 10.0. The number of rotatable bonds is 6. The summed E-state index contributed by atoms with van der Waals surface area (Å²) in [5.41, 5.74) is 6.57. The third kappa shape index (κ3) is 3.51. The lowest BCUT2D eigenvalue weighted by Crippen LogP contribution is -2.07. The molecule has 1 aromatic heterocycles. The van der Waals surface area contributed by atoms with Gasteiger partial charge in [0.15, 0.2) is 0 Å². The van der Waals surface area contributed by atoms with Crippen LogP contribution in [0.2, 0.25) is 0 Å². The largest absolute Gasteiger partial charge is 0.337 e. The second-order valence-electron chi connectivity index (χ2n) is 7.83. The third-order valence-electron chi connectivity index (χ3n) is 5.88. The summed E-state index contributed by atoms with van der Waals surface area (Å²) in [7, 11) is 0. The molecule has 0 amide bonds. The van der Waals surface area contributed by atoms with Crippen molar-refractivity contribution in [2.24, 2.45) is 0 Å². The normalized spacial score (nSPS) is 12.7. The van der Waals surface area contributed by atoms with E-state index >= 15 is 0 Å². The van der Waals surface area contributed by atoms with Crippen molar-refractivity contribution in [3.05, 3.63) is 70.7 Å². The molecule has 1 nitrogen and oxygen atoms in total. The topological polar surface area (TPSA) is 4.93 Å². The number of benzene rings is 3. The lowest BCUT2D eigenvalue weighted by molar-refractivity contribution is 0.458. The first-order chi connectivity index (χ1) is 13.6. The van der Waals surface area contributed by atoms with Crippen LogP contribution in [0.1, 0.15) is 51.1 Å². The highest BCUT2D eigenvalue weighted by atomic mass is 79.9. The Morgan fingerprint density at radius 1 is 0.821 bits per heavy atom. The Balaban J connectivity index is 1.95.